The zero-order valence-electron chi connectivity index (χ0n) is 14.9. The maximum Gasteiger partial charge on any atom is 0.353 e. The number of halogens is 1. The highest BCUT2D eigenvalue weighted by molar-refractivity contribution is 6.31. The molecule has 0 aliphatic heterocycles. The Labute approximate surface area is 161 Å². The van der Waals surface area contributed by atoms with Crippen molar-refractivity contribution in [3.05, 3.63) is 75.1 Å². The first-order valence-corrected chi connectivity index (χ1v) is 8.75. The van der Waals surface area contributed by atoms with Gasteiger partial charge in [0.25, 0.3) is 0 Å². The lowest BCUT2D eigenvalue weighted by Gasteiger charge is -2.13. The number of aromatic nitrogens is 2. The van der Waals surface area contributed by atoms with E-state index in [4.69, 9.17) is 11.6 Å². The maximum absolute atomic E-state index is 11.7. The van der Waals surface area contributed by atoms with E-state index in [9.17, 15) is 10.1 Å². The fourth-order valence-corrected chi connectivity index (χ4v) is 2.86. The van der Waals surface area contributed by atoms with Crippen molar-refractivity contribution in [3.63, 3.8) is 0 Å². The summed E-state index contributed by atoms with van der Waals surface area (Å²) >= 11 is 6.14. The van der Waals surface area contributed by atoms with Gasteiger partial charge in [0.2, 0.25) is 11.6 Å². The third-order valence-corrected chi connectivity index (χ3v) is 4.59. The van der Waals surface area contributed by atoms with Crippen molar-refractivity contribution in [2.45, 2.75) is 20.3 Å². The molecule has 2 N–H and O–H groups in total. The lowest BCUT2D eigenvalue weighted by atomic mass is 10.1. The topological polar surface area (TPSA) is 93.0 Å². The first-order chi connectivity index (χ1) is 13.0. The van der Waals surface area contributed by atoms with Crippen molar-refractivity contribution < 1.29 is 4.92 Å². The summed E-state index contributed by atoms with van der Waals surface area (Å²) in [5.74, 6) is 0.218. The van der Waals surface area contributed by atoms with E-state index in [0.717, 1.165) is 23.2 Å². The van der Waals surface area contributed by atoms with Crippen LogP contribution in [0.4, 0.5) is 28.7 Å². The summed E-state index contributed by atoms with van der Waals surface area (Å²) in [6.45, 7) is 3.85. The molecular formula is C19H18ClN5O2. The normalized spacial score (nSPS) is 10.5. The Morgan fingerprint density at radius 1 is 1.04 bits per heavy atom. The smallest absolute Gasteiger partial charge is 0.334 e. The van der Waals surface area contributed by atoms with E-state index < -0.39 is 4.92 Å². The van der Waals surface area contributed by atoms with Gasteiger partial charge < -0.3 is 10.6 Å². The van der Waals surface area contributed by atoms with Crippen LogP contribution in [0, 0.1) is 17.0 Å². The molecular weight excluding hydrogens is 366 g/mol. The van der Waals surface area contributed by atoms with E-state index >= 15 is 0 Å². The molecule has 1 aromatic heterocycles. The van der Waals surface area contributed by atoms with Crippen LogP contribution in [0.3, 0.4) is 0 Å². The summed E-state index contributed by atoms with van der Waals surface area (Å²) in [7, 11) is 0. The molecule has 3 rings (SSSR count). The van der Waals surface area contributed by atoms with E-state index in [1.165, 1.54) is 6.33 Å². The maximum atomic E-state index is 11.7. The molecule has 0 atom stereocenters. The molecule has 0 unspecified atom stereocenters. The van der Waals surface area contributed by atoms with Gasteiger partial charge in [-0.05, 0) is 42.7 Å². The summed E-state index contributed by atoms with van der Waals surface area (Å²) in [5, 5.41) is 18.4. The lowest BCUT2D eigenvalue weighted by molar-refractivity contribution is -0.383. The quantitative estimate of drug-likeness (QED) is 0.437. The number of nitrogens with one attached hydrogen (secondary N) is 2. The fraction of sp³-hybridized carbons (Fsp3) is 0.158. The Bertz CT molecular complexity index is 994. The van der Waals surface area contributed by atoms with Gasteiger partial charge in [-0.2, -0.15) is 0 Å². The van der Waals surface area contributed by atoms with Crippen molar-refractivity contribution in [1.29, 1.82) is 0 Å². The van der Waals surface area contributed by atoms with E-state index in [-0.39, 0.29) is 17.3 Å². The molecule has 8 heteroatoms. The van der Waals surface area contributed by atoms with Crippen molar-refractivity contribution in [1.82, 2.24) is 9.97 Å². The highest BCUT2D eigenvalue weighted by Gasteiger charge is 2.24. The molecule has 0 saturated carbocycles. The summed E-state index contributed by atoms with van der Waals surface area (Å²) < 4.78 is 0. The van der Waals surface area contributed by atoms with Gasteiger partial charge >= 0.3 is 5.69 Å². The predicted molar refractivity (Wildman–Crippen MR) is 107 cm³/mol. The van der Waals surface area contributed by atoms with Crippen LogP contribution < -0.4 is 10.6 Å². The van der Waals surface area contributed by atoms with Crippen LogP contribution in [0.1, 0.15) is 18.1 Å². The van der Waals surface area contributed by atoms with Gasteiger partial charge in [-0.15, -0.1) is 0 Å². The Balaban J connectivity index is 2.03. The molecule has 0 bridgehead atoms. The third kappa shape index (κ3) is 3.98. The predicted octanol–water partition coefficient (Wildman–Crippen LogP) is 5.40. The van der Waals surface area contributed by atoms with Crippen LogP contribution in [0.2, 0.25) is 5.02 Å². The minimum atomic E-state index is -0.501. The molecule has 2 aromatic carbocycles. The average molecular weight is 384 g/mol. The van der Waals surface area contributed by atoms with Crippen LogP contribution in [-0.2, 0) is 6.42 Å². The fourth-order valence-electron chi connectivity index (χ4n) is 2.68. The molecule has 0 radical (unpaired) electrons. The molecule has 0 amide bonds. The highest BCUT2D eigenvalue weighted by atomic mass is 35.5. The molecule has 0 fully saturated rings. The van der Waals surface area contributed by atoms with Crippen molar-refractivity contribution in [2.75, 3.05) is 10.6 Å². The Kier molecular flexibility index (Phi) is 5.52. The third-order valence-electron chi connectivity index (χ3n) is 4.18. The molecule has 1 heterocycles. The largest absolute Gasteiger partial charge is 0.353 e. The molecule has 0 spiro atoms. The van der Waals surface area contributed by atoms with Gasteiger partial charge in [-0.1, -0.05) is 42.8 Å². The summed E-state index contributed by atoms with van der Waals surface area (Å²) in [6.07, 6.45) is 2.07. The zero-order chi connectivity index (χ0) is 19.4. The van der Waals surface area contributed by atoms with Gasteiger partial charge in [0.15, 0.2) is 0 Å². The Hall–Kier alpha value is -3.19. The number of anilines is 4. The van der Waals surface area contributed by atoms with Crippen molar-refractivity contribution in [2.24, 2.45) is 0 Å². The van der Waals surface area contributed by atoms with Crippen molar-refractivity contribution >= 4 is 40.3 Å². The molecule has 0 aliphatic carbocycles. The second-order valence-electron chi connectivity index (χ2n) is 5.85. The number of nitro groups is 1. The standard InChI is InChI=1S/C19H18ClN5O2/c1-3-13-7-4-5-9-16(13)24-19-17(25(26)27)18(21-11-22-19)23-15-10-6-8-14(20)12(15)2/h4-11H,3H2,1-2H3,(H2,21,22,23,24). The molecule has 0 aliphatic rings. The minimum absolute atomic E-state index is 0.0943. The lowest BCUT2D eigenvalue weighted by Crippen LogP contribution is -2.07. The number of para-hydroxylation sites is 1. The Morgan fingerprint density at radius 2 is 1.67 bits per heavy atom. The van der Waals surface area contributed by atoms with E-state index in [0.29, 0.717) is 10.7 Å². The summed E-state index contributed by atoms with van der Waals surface area (Å²) in [5.41, 5.74) is 2.99. The first-order valence-electron chi connectivity index (χ1n) is 8.37. The van der Waals surface area contributed by atoms with Crippen molar-refractivity contribution in [3.8, 4) is 0 Å². The number of aryl methyl sites for hydroxylation is 1. The van der Waals surface area contributed by atoms with E-state index in [1.807, 2.05) is 38.1 Å². The number of nitrogens with zero attached hydrogens (tertiary/aromatic N) is 3. The monoisotopic (exact) mass is 383 g/mol. The zero-order valence-corrected chi connectivity index (χ0v) is 15.6. The van der Waals surface area contributed by atoms with Crippen LogP contribution in [-0.4, -0.2) is 14.9 Å². The van der Waals surface area contributed by atoms with E-state index in [1.54, 1.807) is 18.2 Å². The van der Waals surface area contributed by atoms with Gasteiger partial charge in [0.1, 0.15) is 6.33 Å². The molecule has 0 saturated heterocycles. The summed E-state index contributed by atoms with van der Waals surface area (Å²) in [6, 6.07) is 12.9. The molecule has 3 aromatic rings. The number of rotatable bonds is 6. The number of hydrogen-bond acceptors (Lipinski definition) is 6. The van der Waals surface area contributed by atoms with Gasteiger partial charge in [0.05, 0.1) is 4.92 Å². The molecule has 138 valence electrons. The second kappa shape index (κ2) is 8.01. The van der Waals surface area contributed by atoms with Gasteiger partial charge in [-0.3, -0.25) is 10.1 Å². The average Bonchev–Trinajstić information content (AvgIpc) is 2.66. The number of hydrogen-bond donors (Lipinski definition) is 2. The van der Waals surface area contributed by atoms with Crippen LogP contribution in [0.15, 0.2) is 48.8 Å². The Morgan fingerprint density at radius 3 is 2.33 bits per heavy atom. The highest BCUT2D eigenvalue weighted by Crippen LogP contribution is 2.35. The van der Waals surface area contributed by atoms with Crippen LogP contribution in [0.25, 0.3) is 0 Å². The van der Waals surface area contributed by atoms with Gasteiger partial charge in [-0.25, -0.2) is 9.97 Å². The van der Waals surface area contributed by atoms with Crippen LogP contribution >= 0.6 is 11.6 Å². The second-order valence-corrected chi connectivity index (χ2v) is 6.26. The molecule has 7 nitrogen and oxygen atoms in total. The van der Waals surface area contributed by atoms with Crippen LogP contribution in [0.5, 0.6) is 0 Å². The van der Waals surface area contributed by atoms with E-state index in [2.05, 4.69) is 20.6 Å². The molecule has 27 heavy (non-hydrogen) atoms. The number of benzene rings is 2. The SMILES string of the molecule is CCc1ccccc1Nc1ncnc(Nc2cccc(Cl)c2C)c1[N+](=O)[O-]. The first kappa shape index (κ1) is 18.6. The summed E-state index contributed by atoms with van der Waals surface area (Å²) in [4.78, 5) is 19.4. The minimum Gasteiger partial charge on any atom is -0.334 e. The van der Waals surface area contributed by atoms with Gasteiger partial charge in [0, 0.05) is 16.4 Å².